The van der Waals surface area contributed by atoms with Crippen LogP contribution < -0.4 is 5.32 Å². The Bertz CT molecular complexity index is 293. The van der Waals surface area contributed by atoms with Gasteiger partial charge in [0.15, 0.2) is 9.84 Å². The first kappa shape index (κ1) is 9.43. The van der Waals surface area contributed by atoms with Gasteiger partial charge in [0.05, 0.1) is 18.1 Å². The fraction of sp³-hybridized carbons (Fsp3) is 1.00. The summed E-state index contributed by atoms with van der Waals surface area (Å²) in [5.41, 5.74) is -0.399. The van der Waals surface area contributed by atoms with Crippen LogP contribution in [0.1, 0.15) is 13.3 Å². The van der Waals surface area contributed by atoms with Gasteiger partial charge in [0.2, 0.25) is 0 Å². The van der Waals surface area contributed by atoms with E-state index < -0.39 is 15.6 Å². The molecule has 0 aliphatic carbocycles. The van der Waals surface area contributed by atoms with Gasteiger partial charge in [-0.3, -0.25) is 5.32 Å². The fourth-order valence-electron chi connectivity index (χ4n) is 2.10. The first-order valence-corrected chi connectivity index (χ1v) is 6.43. The van der Waals surface area contributed by atoms with E-state index in [0.29, 0.717) is 12.4 Å². The molecule has 0 saturated carbocycles. The number of nitrogens with one attached hydrogen (secondary N) is 1. The molecule has 2 fully saturated rings. The van der Waals surface area contributed by atoms with Crippen LogP contribution in [-0.2, 0) is 14.6 Å². The maximum absolute atomic E-state index is 11.3. The standard InChI is InChI=1S/C8H15NO3S/c1-8(9-3-4-12-8)7-2-5-13(10,11)6-7/h7,9H,2-6H2,1H3. The topological polar surface area (TPSA) is 55.4 Å². The van der Waals surface area contributed by atoms with Crippen molar-refractivity contribution in [2.45, 2.75) is 19.1 Å². The lowest BCUT2D eigenvalue weighted by molar-refractivity contribution is -0.0347. The molecule has 0 spiro atoms. The molecule has 2 rings (SSSR count). The van der Waals surface area contributed by atoms with Crippen LogP contribution >= 0.6 is 0 Å². The quantitative estimate of drug-likeness (QED) is 0.642. The second-order valence-electron chi connectivity index (χ2n) is 3.98. The SMILES string of the molecule is CC1(C2CCS(=O)(=O)C2)NCCO1. The predicted molar refractivity (Wildman–Crippen MR) is 49.1 cm³/mol. The molecule has 2 aliphatic heterocycles. The van der Waals surface area contributed by atoms with Gasteiger partial charge in [-0.05, 0) is 13.3 Å². The Morgan fingerprint density at radius 1 is 1.54 bits per heavy atom. The first-order valence-electron chi connectivity index (χ1n) is 4.61. The highest BCUT2D eigenvalue weighted by Crippen LogP contribution is 2.31. The molecule has 0 bridgehead atoms. The van der Waals surface area contributed by atoms with E-state index >= 15 is 0 Å². The van der Waals surface area contributed by atoms with Gasteiger partial charge in [0.1, 0.15) is 5.72 Å². The summed E-state index contributed by atoms with van der Waals surface area (Å²) >= 11 is 0. The van der Waals surface area contributed by atoms with Crippen molar-refractivity contribution in [3.05, 3.63) is 0 Å². The molecule has 2 unspecified atom stereocenters. The summed E-state index contributed by atoms with van der Waals surface area (Å²) in [5, 5.41) is 3.23. The molecule has 0 aromatic heterocycles. The van der Waals surface area contributed by atoms with E-state index in [1.165, 1.54) is 0 Å². The number of ether oxygens (including phenoxy) is 1. The van der Waals surface area contributed by atoms with Crippen LogP contribution in [0.25, 0.3) is 0 Å². The van der Waals surface area contributed by atoms with E-state index in [1.807, 2.05) is 6.92 Å². The molecular formula is C8H15NO3S. The Morgan fingerprint density at radius 3 is 2.77 bits per heavy atom. The van der Waals surface area contributed by atoms with Gasteiger partial charge in [-0.2, -0.15) is 0 Å². The third kappa shape index (κ3) is 1.73. The summed E-state index contributed by atoms with van der Waals surface area (Å²) in [6.07, 6.45) is 0.728. The number of hydrogen-bond acceptors (Lipinski definition) is 4. The molecule has 2 saturated heterocycles. The van der Waals surface area contributed by atoms with Crippen LogP contribution in [-0.4, -0.2) is 38.8 Å². The van der Waals surface area contributed by atoms with Crippen molar-refractivity contribution in [3.63, 3.8) is 0 Å². The summed E-state index contributed by atoms with van der Waals surface area (Å²) in [7, 11) is -2.79. The van der Waals surface area contributed by atoms with Gasteiger partial charge < -0.3 is 4.74 Å². The summed E-state index contributed by atoms with van der Waals surface area (Å²) in [6, 6.07) is 0. The second kappa shape index (κ2) is 2.93. The highest BCUT2D eigenvalue weighted by Gasteiger charge is 2.44. The highest BCUT2D eigenvalue weighted by molar-refractivity contribution is 7.91. The Labute approximate surface area is 78.6 Å². The van der Waals surface area contributed by atoms with E-state index in [2.05, 4.69) is 5.32 Å². The zero-order chi connectivity index (χ0) is 9.53. The Kier molecular flexibility index (Phi) is 2.13. The van der Waals surface area contributed by atoms with Crippen molar-refractivity contribution >= 4 is 9.84 Å². The summed E-state index contributed by atoms with van der Waals surface area (Å²) < 4.78 is 28.1. The first-order chi connectivity index (χ1) is 6.02. The largest absolute Gasteiger partial charge is 0.359 e. The lowest BCUT2D eigenvalue weighted by Gasteiger charge is -2.29. The van der Waals surface area contributed by atoms with Crippen LogP contribution in [0, 0.1) is 5.92 Å². The second-order valence-corrected chi connectivity index (χ2v) is 6.21. The van der Waals surface area contributed by atoms with Gasteiger partial charge in [0, 0.05) is 12.5 Å². The van der Waals surface area contributed by atoms with Crippen molar-refractivity contribution in [2.24, 2.45) is 5.92 Å². The number of hydrogen-bond donors (Lipinski definition) is 1. The fourth-order valence-corrected chi connectivity index (χ4v) is 4.01. The molecule has 2 aliphatic rings. The van der Waals surface area contributed by atoms with Crippen LogP contribution in [0.5, 0.6) is 0 Å². The Hall–Kier alpha value is -0.130. The van der Waals surface area contributed by atoms with Crippen molar-refractivity contribution in [3.8, 4) is 0 Å². The molecule has 13 heavy (non-hydrogen) atoms. The van der Waals surface area contributed by atoms with Gasteiger partial charge in [-0.25, -0.2) is 8.42 Å². The summed E-state index contributed by atoms with van der Waals surface area (Å²) in [4.78, 5) is 0. The van der Waals surface area contributed by atoms with Crippen LogP contribution in [0.2, 0.25) is 0 Å². The molecule has 1 N–H and O–H groups in total. The van der Waals surface area contributed by atoms with Gasteiger partial charge in [-0.15, -0.1) is 0 Å². The van der Waals surface area contributed by atoms with E-state index in [9.17, 15) is 8.42 Å². The molecule has 0 amide bonds. The Morgan fingerprint density at radius 2 is 2.31 bits per heavy atom. The van der Waals surface area contributed by atoms with Crippen molar-refractivity contribution in [1.82, 2.24) is 5.32 Å². The maximum Gasteiger partial charge on any atom is 0.150 e. The normalized spacial score (nSPS) is 43.9. The monoisotopic (exact) mass is 205 g/mol. The van der Waals surface area contributed by atoms with Crippen molar-refractivity contribution in [1.29, 1.82) is 0 Å². The zero-order valence-electron chi connectivity index (χ0n) is 7.75. The molecule has 5 heteroatoms. The van der Waals surface area contributed by atoms with Gasteiger partial charge in [-0.1, -0.05) is 0 Å². The van der Waals surface area contributed by atoms with Crippen molar-refractivity contribution in [2.75, 3.05) is 24.7 Å². The molecule has 0 aromatic rings. The maximum atomic E-state index is 11.3. The van der Waals surface area contributed by atoms with Crippen molar-refractivity contribution < 1.29 is 13.2 Å². The minimum Gasteiger partial charge on any atom is -0.359 e. The average molecular weight is 205 g/mol. The third-order valence-electron chi connectivity index (χ3n) is 2.99. The molecular weight excluding hydrogens is 190 g/mol. The molecule has 2 heterocycles. The predicted octanol–water partition coefficient (Wildman–Crippen LogP) is -0.243. The van der Waals surface area contributed by atoms with E-state index in [1.54, 1.807) is 0 Å². The number of rotatable bonds is 1. The van der Waals surface area contributed by atoms with Gasteiger partial charge >= 0.3 is 0 Å². The molecule has 0 aromatic carbocycles. The lowest BCUT2D eigenvalue weighted by Crippen LogP contribution is -2.45. The van der Waals surface area contributed by atoms with E-state index in [-0.39, 0.29) is 11.7 Å². The minimum atomic E-state index is -2.79. The van der Waals surface area contributed by atoms with E-state index in [4.69, 9.17) is 4.74 Å². The Balaban J connectivity index is 2.11. The third-order valence-corrected chi connectivity index (χ3v) is 4.76. The molecule has 76 valence electrons. The van der Waals surface area contributed by atoms with Crippen LogP contribution in [0.3, 0.4) is 0 Å². The van der Waals surface area contributed by atoms with Crippen LogP contribution in [0.4, 0.5) is 0 Å². The highest BCUT2D eigenvalue weighted by atomic mass is 32.2. The molecule has 0 radical (unpaired) electrons. The minimum absolute atomic E-state index is 0.125. The number of sulfone groups is 1. The zero-order valence-corrected chi connectivity index (χ0v) is 8.56. The van der Waals surface area contributed by atoms with Crippen LogP contribution in [0.15, 0.2) is 0 Å². The summed E-state index contributed by atoms with van der Waals surface area (Å²) in [5.74, 6) is 0.717. The molecule has 2 atom stereocenters. The lowest BCUT2D eigenvalue weighted by atomic mass is 9.97. The van der Waals surface area contributed by atoms with E-state index in [0.717, 1.165) is 13.0 Å². The smallest absolute Gasteiger partial charge is 0.150 e. The van der Waals surface area contributed by atoms with Gasteiger partial charge in [0.25, 0.3) is 0 Å². The molecule has 4 nitrogen and oxygen atoms in total. The summed E-state index contributed by atoms with van der Waals surface area (Å²) in [6.45, 7) is 3.46. The average Bonchev–Trinajstić information content (AvgIpc) is 2.58.